The van der Waals surface area contributed by atoms with E-state index >= 15 is 0 Å². The van der Waals surface area contributed by atoms with Gasteiger partial charge >= 0.3 is 0 Å². The van der Waals surface area contributed by atoms with Crippen molar-refractivity contribution in [3.63, 3.8) is 0 Å². The summed E-state index contributed by atoms with van der Waals surface area (Å²) in [5, 5.41) is 2.89. The quantitative estimate of drug-likeness (QED) is 0.767. The topological polar surface area (TPSA) is 68.0 Å². The number of aromatic nitrogens is 1. The smallest absolute Gasteiger partial charge is 0.253 e. The van der Waals surface area contributed by atoms with Gasteiger partial charge in [-0.15, -0.1) is 0 Å². The van der Waals surface area contributed by atoms with Gasteiger partial charge < -0.3 is 11.1 Å². The summed E-state index contributed by atoms with van der Waals surface area (Å²) in [6, 6.07) is 3.55. The third-order valence-electron chi connectivity index (χ3n) is 2.51. The lowest BCUT2D eigenvalue weighted by Crippen LogP contribution is -2.39. The molecule has 0 saturated carbocycles. The summed E-state index contributed by atoms with van der Waals surface area (Å²) >= 11 is 0. The first kappa shape index (κ1) is 11.7. The SMILES string of the molecule is CC(CN)C(C)NC(=O)c1cccnc1. The Bertz CT molecular complexity index is 313. The minimum absolute atomic E-state index is 0.0720. The summed E-state index contributed by atoms with van der Waals surface area (Å²) in [4.78, 5) is 15.6. The Morgan fingerprint density at radius 2 is 2.33 bits per heavy atom. The molecule has 1 amide bonds. The van der Waals surface area contributed by atoms with E-state index in [1.54, 1.807) is 24.5 Å². The van der Waals surface area contributed by atoms with Gasteiger partial charge in [-0.25, -0.2) is 0 Å². The van der Waals surface area contributed by atoms with Crippen molar-refractivity contribution in [3.05, 3.63) is 30.1 Å². The number of carbonyl (C=O) groups is 1. The zero-order chi connectivity index (χ0) is 11.3. The van der Waals surface area contributed by atoms with Gasteiger partial charge in [0.1, 0.15) is 0 Å². The molecule has 2 atom stereocenters. The molecule has 0 aliphatic heterocycles. The second-order valence-corrected chi connectivity index (χ2v) is 3.72. The minimum atomic E-state index is -0.101. The largest absolute Gasteiger partial charge is 0.349 e. The van der Waals surface area contributed by atoms with Gasteiger partial charge in [0.15, 0.2) is 0 Å². The first-order valence-electron chi connectivity index (χ1n) is 5.06. The maximum Gasteiger partial charge on any atom is 0.253 e. The Labute approximate surface area is 89.9 Å². The molecule has 0 saturated heterocycles. The Hall–Kier alpha value is -1.42. The van der Waals surface area contributed by atoms with Gasteiger partial charge in [0, 0.05) is 18.4 Å². The molecule has 4 nitrogen and oxygen atoms in total. The molecule has 15 heavy (non-hydrogen) atoms. The number of carbonyl (C=O) groups excluding carboxylic acids is 1. The lowest BCUT2D eigenvalue weighted by atomic mass is 10.0. The highest BCUT2D eigenvalue weighted by atomic mass is 16.1. The number of hydrogen-bond acceptors (Lipinski definition) is 3. The zero-order valence-corrected chi connectivity index (χ0v) is 9.10. The number of rotatable bonds is 4. The van der Waals surface area contributed by atoms with E-state index in [9.17, 15) is 4.79 Å². The van der Waals surface area contributed by atoms with Gasteiger partial charge in [-0.3, -0.25) is 9.78 Å². The van der Waals surface area contributed by atoms with E-state index in [4.69, 9.17) is 5.73 Å². The highest BCUT2D eigenvalue weighted by Crippen LogP contribution is 2.02. The molecule has 4 heteroatoms. The van der Waals surface area contributed by atoms with Crippen LogP contribution >= 0.6 is 0 Å². The van der Waals surface area contributed by atoms with Gasteiger partial charge in [0.05, 0.1) is 5.56 Å². The summed E-state index contributed by atoms with van der Waals surface area (Å²) in [7, 11) is 0. The highest BCUT2D eigenvalue weighted by molar-refractivity contribution is 5.93. The van der Waals surface area contributed by atoms with Crippen LogP contribution in [0.4, 0.5) is 0 Å². The number of nitrogens with two attached hydrogens (primary N) is 1. The normalized spacial score (nSPS) is 14.3. The van der Waals surface area contributed by atoms with Crippen molar-refractivity contribution in [1.29, 1.82) is 0 Å². The lowest BCUT2D eigenvalue weighted by molar-refractivity contribution is 0.0929. The molecule has 0 fully saturated rings. The van der Waals surface area contributed by atoms with Gasteiger partial charge in [0.25, 0.3) is 5.91 Å². The van der Waals surface area contributed by atoms with Crippen molar-refractivity contribution in [2.75, 3.05) is 6.54 Å². The summed E-state index contributed by atoms with van der Waals surface area (Å²) in [6.07, 6.45) is 3.19. The molecule has 0 bridgehead atoms. The summed E-state index contributed by atoms with van der Waals surface area (Å²) < 4.78 is 0. The van der Waals surface area contributed by atoms with Gasteiger partial charge in [0.2, 0.25) is 0 Å². The molecule has 0 aromatic carbocycles. The zero-order valence-electron chi connectivity index (χ0n) is 9.10. The van der Waals surface area contributed by atoms with Crippen molar-refractivity contribution < 1.29 is 4.79 Å². The third kappa shape index (κ3) is 3.32. The molecule has 0 aliphatic carbocycles. The van der Waals surface area contributed by atoms with Crippen LogP contribution in [0.15, 0.2) is 24.5 Å². The average Bonchev–Trinajstić information content (AvgIpc) is 2.29. The van der Waals surface area contributed by atoms with Crippen LogP contribution in [0.2, 0.25) is 0 Å². The van der Waals surface area contributed by atoms with E-state index in [2.05, 4.69) is 10.3 Å². The first-order chi connectivity index (χ1) is 7.15. The van der Waals surface area contributed by atoms with Crippen LogP contribution in [0.5, 0.6) is 0 Å². The molecule has 3 N–H and O–H groups in total. The van der Waals surface area contributed by atoms with Crippen molar-refractivity contribution in [2.24, 2.45) is 11.7 Å². The van der Waals surface area contributed by atoms with E-state index in [0.717, 1.165) is 0 Å². The molecule has 0 spiro atoms. The molecule has 0 radical (unpaired) electrons. The Morgan fingerprint density at radius 1 is 1.60 bits per heavy atom. The Morgan fingerprint density at radius 3 is 2.87 bits per heavy atom. The predicted molar refractivity (Wildman–Crippen MR) is 59.4 cm³/mol. The Kier molecular flexibility index (Phi) is 4.24. The molecular formula is C11H17N3O. The van der Waals surface area contributed by atoms with Crippen LogP contribution < -0.4 is 11.1 Å². The summed E-state index contributed by atoms with van der Waals surface area (Å²) in [6.45, 7) is 4.52. The maximum atomic E-state index is 11.7. The van der Waals surface area contributed by atoms with Crippen LogP contribution in [0.3, 0.4) is 0 Å². The van der Waals surface area contributed by atoms with Crippen LogP contribution in [-0.4, -0.2) is 23.5 Å². The lowest BCUT2D eigenvalue weighted by Gasteiger charge is -2.19. The van der Waals surface area contributed by atoms with Crippen LogP contribution in [0, 0.1) is 5.92 Å². The van der Waals surface area contributed by atoms with Crippen molar-refractivity contribution >= 4 is 5.91 Å². The van der Waals surface area contributed by atoms with E-state index < -0.39 is 0 Å². The number of pyridine rings is 1. The second kappa shape index (κ2) is 5.46. The fourth-order valence-electron chi connectivity index (χ4n) is 1.13. The standard InChI is InChI=1S/C11H17N3O/c1-8(6-12)9(2)14-11(15)10-4-3-5-13-7-10/h3-5,7-9H,6,12H2,1-2H3,(H,14,15). The van der Waals surface area contributed by atoms with Crippen molar-refractivity contribution in [2.45, 2.75) is 19.9 Å². The van der Waals surface area contributed by atoms with Gasteiger partial charge in [-0.1, -0.05) is 6.92 Å². The minimum Gasteiger partial charge on any atom is -0.349 e. The number of amides is 1. The summed E-state index contributed by atoms with van der Waals surface area (Å²) in [5.41, 5.74) is 6.10. The predicted octanol–water partition coefficient (Wildman–Crippen LogP) is 0.795. The molecule has 1 rings (SSSR count). The molecule has 2 unspecified atom stereocenters. The fourth-order valence-corrected chi connectivity index (χ4v) is 1.13. The number of nitrogens with zero attached hydrogens (tertiary/aromatic N) is 1. The van der Waals surface area contributed by atoms with Crippen LogP contribution in [0.25, 0.3) is 0 Å². The summed E-state index contributed by atoms with van der Waals surface area (Å²) in [5.74, 6) is 0.168. The molecule has 1 aromatic rings. The molecule has 1 aromatic heterocycles. The van der Waals surface area contributed by atoms with E-state index in [-0.39, 0.29) is 17.9 Å². The molecule has 1 heterocycles. The van der Waals surface area contributed by atoms with Crippen molar-refractivity contribution in [3.8, 4) is 0 Å². The Balaban J connectivity index is 2.57. The third-order valence-corrected chi connectivity index (χ3v) is 2.51. The number of hydrogen-bond donors (Lipinski definition) is 2. The van der Waals surface area contributed by atoms with E-state index in [1.165, 1.54) is 0 Å². The second-order valence-electron chi connectivity index (χ2n) is 3.72. The van der Waals surface area contributed by atoms with E-state index in [1.807, 2.05) is 13.8 Å². The maximum absolute atomic E-state index is 11.7. The van der Waals surface area contributed by atoms with Gasteiger partial charge in [-0.05, 0) is 31.5 Å². The van der Waals surface area contributed by atoms with E-state index in [0.29, 0.717) is 12.1 Å². The van der Waals surface area contributed by atoms with Crippen LogP contribution in [-0.2, 0) is 0 Å². The van der Waals surface area contributed by atoms with Crippen molar-refractivity contribution in [1.82, 2.24) is 10.3 Å². The average molecular weight is 207 g/mol. The highest BCUT2D eigenvalue weighted by Gasteiger charge is 2.14. The first-order valence-corrected chi connectivity index (χ1v) is 5.06. The van der Waals surface area contributed by atoms with Gasteiger partial charge in [-0.2, -0.15) is 0 Å². The monoisotopic (exact) mass is 207 g/mol. The number of nitrogens with one attached hydrogen (secondary N) is 1. The molecular weight excluding hydrogens is 190 g/mol. The van der Waals surface area contributed by atoms with Crippen LogP contribution in [0.1, 0.15) is 24.2 Å². The fraction of sp³-hybridized carbons (Fsp3) is 0.455. The molecule has 82 valence electrons. The molecule has 0 aliphatic rings.